The largest absolute Gasteiger partial charge is 0.494 e. The Labute approximate surface area is 179 Å². The number of halogens is 1. The van der Waals surface area contributed by atoms with Crippen LogP contribution < -0.4 is 4.74 Å². The van der Waals surface area contributed by atoms with Gasteiger partial charge >= 0.3 is 0 Å². The Balaban J connectivity index is 1.64. The second-order valence-electron chi connectivity index (χ2n) is 7.85. The number of unbranched alkanes of at least 4 members (excludes halogenated alkanes) is 3. The second-order valence-corrected chi connectivity index (χ2v) is 7.85. The van der Waals surface area contributed by atoms with E-state index < -0.39 is 0 Å². The van der Waals surface area contributed by atoms with Crippen molar-refractivity contribution in [3.8, 4) is 5.75 Å². The molecule has 1 aliphatic rings. The molecule has 0 aromatic heterocycles. The van der Waals surface area contributed by atoms with Crippen LogP contribution in [-0.4, -0.2) is 36.7 Å². The molecule has 0 bridgehead atoms. The van der Waals surface area contributed by atoms with E-state index in [1.807, 2.05) is 12.1 Å². The first-order chi connectivity index (χ1) is 14.7. The van der Waals surface area contributed by atoms with Gasteiger partial charge in [-0.05, 0) is 49.6 Å². The number of hydrogen-bond acceptors (Lipinski definition) is 3. The van der Waals surface area contributed by atoms with Crippen LogP contribution in [0.4, 0.5) is 4.39 Å². The zero-order valence-corrected chi connectivity index (χ0v) is 17.8. The minimum atomic E-state index is -0.297. The molecular formula is C25H32FNO3. The zero-order valence-electron chi connectivity index (χ0n) is 17.8. The van der Waals surface area contributed by atoms with Gasteiger partial charge in [-0.2, -0.15) is 0 Å². The van der Waals surface area contributed by atoms with Crippen molar-refractivity contribution >= 4 is 5.91 Å². The van der Waals surface area contributed by atoms with E-state index in [0.29, 0.717) is 24.3 Å². The van der Waals surface area contributed by atoms with Crippen molar-refractivity contribution in [1.82, 2.24) is 4.90 Å². The average molecular weight is 414 g/mol. The first-order valence-electron chi connectivity index (χ1n) is 11.0. The van der Waals surface area contributed by atoms with Crippen LogP contribution >= 0.6 is 0 Å². The lowest BCUT2D eigenvalue weighted by Crippen LogP contribution is -2.37. The molecular weight excluding hydrogens is 381 g/mol. The molecule has 1 heterocycles. The summed E-state index contributed by atoms with van der Waals surface area (Å²) in [6.07, 6.45) is 6.55. The van der Waals surface area contributed by atoms with Gasteiger partial charge in [0.25, 0.3) is 5.91 Å². The molecule has 0 N–H and O–H groups in total. The van der Waals surface area contributed by atoms with E-state index >= 15 is 0 Å². The third kappa shape index (κ3) is 6.56. The van der Waals surface area contributed by atoms with E-state index in [9.17, 15) is 9.18 Å². The zero-order chi connectivity index (χ0) is 21.2. The minimum absolute atomic E-state index is 0.00597. The van der Waals surface area contributed by atoms with Crippen molar-refractivity contribution in [2.24, 2.45) is 0 Å². The van der Waals surface area contributed by atoms with Gasteiger partial charge in [0.2, 0.25) is 0 Å². The topological polar surface area (TPSA) is 38.8 Å². The standard InChI is InChI=1S/C25H32FNO3/c1-2-3-4-7-16-29-22-14-12-20(13-15-22)25(28)27(19-23-10-8-17-30-23)18-21-9-5-6-11-24(21)26/h5-6,9,11-15,23H,2-4,7-8,10,16-19H2,1H3. The predicted molar refractivity (Wildman–Crippen MR) is 116 cm³/mol. The van der Waals surface area contributed by atoms with Crippen molar-refractivity contribution in [3.05, 3.63) is 65.5 Å². The van der Waals surface area contributed by atoms with E-state index in [1.165, 1.54) is 25.3 Å². The molecule has 0 aliphatic carbocycles. The normalized spacial score (nSPS) is 15.9. The van der Waals surface area contributed by atoms with Gasteiger partial charge in [-0.3, -0.25) is 4.79 Å². The molecule has 5 heteroatoms. The molecule has 2 aromatic rings. The Morgan fingerprint density at radius 2 is 1.93 bits per heavy atom. The summed E-state index contributed by atoms with van der Waals surface area (Å²) in [7, 11) is 0. The molecule has 1 unspecified atom stereocenters. The lowest BCUT2D eigenvalue weighted by atomic mass is 10.1. The van der Waals surface area contributed by atoms with E-state index in [4.69, 9.17) is 9.47 Å². The van der Waals surface area contributed by atoms with Gasteiger partial charge in [0.1, 0.15) is 11.6 Å². The second kappa shape index (κ2) is 11.7. The Hall–Kier alpha value is -2.40. The molecule has 2 aromatic carbocycles. The SMILES string of the molecule is CCCCCCOc1ccc(C(=O)N(Cc2ccccc2F)CC2CCCO2)cc1. The van der Waals surface area contributed by atoms with Crippen molar-refractivity contribution < 1.29 is 18.7 Å². The van der Waals surface area contributed by atoms with Gasteiger partial charge in [0, 0.05) is 30.8 Å². The van der Waals surface area contributed by atoms with Crippen LogP contribution in [0.5, 0.6) is 5.75 Å². The van der Waals surface area contributed by atoms with Crippen LogP contribution in [0.25, 0.3) is 0 Å². The Morgan fingerprint density at radius 1 is 1.13 bits per heavy atom. The van der Waals surface area contributed by atoms with Crippen molar-refractivity contribution in [1.29, 1.82) is 0 Å². The molecule has 1 atom stereocenters. The maximum absolute atomic E-state index is 14.2. The van der Waals surface area contributed by atoms with Crippen molar-refractivity contribution in [3.63, 3.8) is 0 Å². The Kier molecular flexibility index (Phi) is 8.69. The fraction of sp³-hybridized carbons (Fsp3) is 0.480. The number of nitrogens with zero attached hydrogens (tertiary/aromatic N) is 1. The van der Waals surface area contributed by atoms with Crippen LogP contribution in [0.3, 0.4) is 0 Å². The highest BCUT2D eigenvalue weighted by atomic mass is 19.1. The molecule has 1 fully saturated rings. The van der Waals surface area contributed by atoms with Crippen molar-refractivity contribution in [2.45, 2.75) is 58.1 Å². The molecule has 3 rings (SSSR count). The van der Waals surface area contributed by atoms with Gasteiger partial charge in [-0.15, -0.1) is 0 Å². The maximum atomic E-state index is 14.2. The van der Waals surface area contributed by atoms with Crippen LogP contribution in [0, 0.1) is 5.82 Å². The summed E-state index contributed by atoms with van der Waals surface area (Å²) in [4.78, 5) is 14.9. The Morgan fingerprint density at radius 3 is 2.63 bits per heavy atom. The highest BCUT2D eigenvalue weighted by Crippen LogP contribution is 2.20. The monoisotopic (exact) mass is 413 g/mol. The molecule has 0 radical (unpaired) electrons. The molecule has 0 spiro atoms. The van der Waals surface area contributed by atoms with Gasteiger partial charge in [-0.25, -0.2) is 4.39 Å². The van der Waals surface area contributed by atoms with Crippen LogP contribution in [-0.2, 0) is 11.3 Å². The smallest absolute Gasteiger partial charge is 0.254 e. The summed E-state index contributed by atoms with van der Waals surface area (Å²) in [5, 5.41) is 0. The summed E-state index contributed by atoms with van der Waals surface area (Å²) >= 11 is 0. The van der Waals surface area contributed by atoms with Gasteiger partial charge in [0.15, 0.2) is 0 Å². The summed E-state index contributed by atoms with van der Waals surface area (Å²) in [5.74, 6) is 0.348. The van der Waals surface area contributed by atoms with E-state index in [-0.39, 0.29) is 24.4 Å². The predicted octanol–water partition coefficient (Wildman–Crippen LogP) is 5.61. The van der Waals surface area contributed by atoms with E-state index in [0.717, 1.165) is 31.6 Å². The van der Waals surface area contributed by atoms with E-state index in [1.54, 1.807) is 35.2 Å². The van der Waals surface area contributed by atoms with Crippen LogP contribution in [0.2, 0.25) is 0 Å². The quantitative estimate of drug-likeness (QED) is 0.450. The maximum Gasteiger partial charge on any atom is 0.254 e. The van der Waals surface area contributed by atoms with Gasteiger partial charge in [-0.1, -0.05) is 44.4 Å². The molecule has 0 saturated carbocycles. The third-order valence-electron chi connectivity index (χ3n) is 5.42. The number of amides is 1. The lowest BCUT2D eigenvalue weighted by molar-refractivity contribution is 0.0505. The highest BCUT2D eigenvalue weighted by Gasteiger charge is 2.24. The number of carbonyl (C=O) groups excluding carboxylic acids is 1. The van der Waals surface area contributed by atoms with Gasteiger partial charge < -0.3 is 14.4 Å². The average Bonchev–Trinajstić information content (AvgIpc) is 3.28. The number of rotatable bonds is 11. The number of carbonyl (C=O) groups is 1. The summed E-state index contributed by atoms with van der Waals surface area (Å²) in [5.41, 5.74) is 1.08. The molecule has 4 nitrogen and oxygen atoms in total. The number of ether oxygens (including phenoxy) is 2. The third-order valence-corrected chi connectivity index (χ3v) is 5.42. The lowest BCUT2D eigenvalue weighted by Gasteiger charge is -2.26. The molecule has 30 heavy (non-hydrogen) atoms. The minimum Gasteiger partial charge on any atom is -0.494 e. The number of hydrogen-bond donors (Lipinski definition) is 0. The van der Waals surface area contributed by atoms with E-state index in [2.05, 4.69) is 6.92 Å². The van der Waals surface area contributed by atoms with Crippen LogP contribution in [0.15, 0.2) is 48.5 Å². The fourth-order valence-electron chi connectivity index (χ4n) is 3.68. The van der Waals surface area contributed by atoms with Crippen LogP contribution in [0.1, 0.15) is 61.4 Å². The molecule has 1 aliphatic heterocycles. The van der Waals surface area contributed by atoms with Crippen molar-refractivity contribution in [2.75, 3.05) is 19.8 Å². The summed E-state index contributed by atoms with van der Waals surface area (Å²) in [6.45, 7) is 4.28. The summed E-state index contributed by atoms with van der Waals surface area (Å²) in [6, 6.07) is 13.8. The first-order valence-corrected chi connectivity index (χ1v) is 11.0. The molecule has 1 saturated heterocycles. The summed E-state index contributed by atoms with van der Waals surface area (Å²) < 4.78 is 25.7. The first kappa shape index (κ1) is 22.3. The fourth-order valence-corrected chi connectivity index (χ4v) is 3.68. The number of benzene rings is 2. The Bertz CT molecular complexity index is 787. The van der Waals surface area contributed by atoms with Gasteiger partial charge in [0.05, 0.1) is 12.7 Å². The molecule has 1 amide bonds. The highest BCUT2D eigenvalue weighted by molar-refractivity contribution is 5.94. The molecule has 162 valence electrons.